The second kappa shape index (κ2) is 8.03. The molecule has 0 atom stereocenters. The molecule has 0 radical (unpaired) electrons. The van der Waals surface area contributed by atoms with Gasteiger partial charge in [0, 0.05) is 5.56 Å². The highest BCUT2D eigenvalue weighted by Crippen LogP contribution is 2.37. The van der Waals surface area contributed by atoms with Crippen LogP contribution in [-0.2, 0) is 6.61 Å². The molecule has 1 N–H and O–H groups in total. The summed E-state index contributed by atoms with van der Waals surface area (Å²) in [5.41, 5.74) is 1.82. The van der Waals surface area contributed by atoms with E-state index in [0.717, 1.165) is 15.6 Å². The zero-order chi connectivity index (χ0) is 17.6. The van der Waals surface area contributed by atoms with Gasteiger partial charge in [0.25, 0.3) is 0 Å². The molecule has 3 aromatic rings. The van der Waals surface area contributed by atoms with Crippen molar-refractivity contribution >= 4 is 32.9 Å². The van der Waals surface area contributed by atoms with Crippen molar-refractivity contribution in [3.05, 3.63) is 70.2 Å². The number of halogens is 1. The molecular formula is C20H18BrNO3. The summed E-state index contributed by atoms with van der Waals surface area (Å²) >= 11 is 3.51. The van der Waals surface area contributed by atoms with E-state index in [1.54, 1.807) is 6.07 Å². The summed E-state index contributed by atoms with van der Waals surface area (Å²) < 4.78 is 12.5. The third-order valence-corrected chi connectivity index (χ3v) is 4.38. The molecule has 0 aliphatic rings. The number of hydrogen-bond acceptors (Lipinski definition) is 4. The van der Waals surface area contributed by atoms with Gasteiger partial charge in [0.2, 0.25) is 0 Å². The van der Waals surface area contributed by atoms with Crippen molar-refractivity contribution < 1.29 is 14.7 Å². The summed E-state index contributed by atoms with van der Waals surface area (Å²) in [6.07, 6.45) is 1.35. The van der Waals surface area contributed by atoms with Crippen LogP contribution < -0.4 is 9.47 Å². The Morgan fingerprint density at radius 3 is 2.68 bits per heavy atom. The quantitative estimate of drug-likeness (QED) is 0.343. The van der Waals surface area contributed by atoms with Crippen LogP contribution in [0.4, 0.5) is 0 Å². The molecule has 0 fully saturated rings. The lowest BCUT2D eigenvalue weighted by atomic mass is 10.1. The van der Waals surface area contributed by atoms with E-state index in [4.69, 9.17) is 14.7 Å². The molecule has 0 spiro atoms. The maximum Gasteiger partial charge on any atom is 0.175 e. The highest BCUT2D eigenvalue weighted by Gasteiger charge is 2.13. The monoisotopic (exact) mass is 399 g/mol. The van der Waals surface area contributed by atoms with E-state index in [-0.39, 0.29) is 0 Å². The Morgan fingerprint density at radius 2 is 1.88 bits per heavy atom. The first-order chi connectivity index (χ1) is 12.2. The minimum Gasteiger partial charge on any atom is -0.490 e. The van der Waals surface area contributed by atoms with Crippen LogP contribution in [0.15, 0.2) is 64.2 Å². The molecule has 5 heteroatoms. The highest BCUT2D eigenvalue weighted by atomic mass is 79.9. The molecule has 0 bridgehead atoms. The molecule has 0 saturated heterocycles. The van der Waals surface area contributed by atoms with Crippen LogP contribution in [0.5, 0.6) is 11.5 Å². The van der Waals surface area contributed by atoms with Crippen molar-refractivity contribution in [2.45, 2.75) is 13.5 Å². The third-order valence-electron chi connectivity index (χ3n) is 3.79. The van der Waals surface area contributed by atoms with Gasteiger partial charge in [-0.2, -0.15) is 0 Å². The molecule has 0 saturated carbocycles. The lowest BCUT2D eigenvalue weighted by Gasteiger charge is -2.15. The Kier molecular flexibility index (Phi) is 5.56. The Hall–Kier alpha value is -2.53. The summed E-state index contributed by atoms with van der Waals surface area (Å²) in [5.74, 6) is 1.23. The topological polar surface area (TPSA) is 51.0 Å². The van der Waals surface area contributed by atoms with Crippen molar-refractivity contribution in [1.29, 1.82) is 0 Å². The van der Waals surface area contributed by atoms with E-state index in [1.807, 2.05) is 31.2 Å². The highest BCUT2D eigenvalue weighted by molar-refractivity contribution is 9.10. The van der Waals surface area contributed by atoms with Gasteiger partial charge in [-0.3, -0.25) is 0 Å². The maximum absolute atomic E-state index is 8.74. The number of hydrogen-bond donors (Lipinski definition) is 1. The number of rotatable bonds is 6. The van der Waals surface area contributed by atoms with E-state index in [0.29, 0.717) is 24.7 Å². The molecule has 0 aliphatic carbocycles. The van der Waals surface area contributed by atoms with E-state index >= 15 is 0 Å². The van der Waals surface area contributed by atoms with E-state index in [1.165, 1.54) is 17.0 Å². The summed E-state index contributed by atoms with van der Waals surface area (Å²) in [5, 5.41) is 14.2. The van der Waals surface area contributed by atoms with Crippen LogP contribution in [0, 0.1) is 0 Å². The van der Waals surface area contributed by atoms with Crippen LogP contribution in [0.3, 0.4) is 0 Å². The van der Waals surface area contributed by atoms with Gasteiger partial charge in [0.15, 0.2) is 11.5 Å². The van der Waals surface area contributed by atoms with Crippen molar-refractivity contribution in [1.82, 2.24) is 0 Å². The van der Waals surface area contributed by atoms with E-state index < -0.39 is 0 Å². The minimum absolute atomic E-state index is 0.424. The minimum atomic E-state index is 0.424. The second-order valence-corrected chi connectivity index (χ2v) is 6.29. The average molecular weight is 400 g/mol. The zero-order valence-corrected chi connectivity index (χ0v) is 15.4. The van der Waals surface area contributed by atoms with Crippen LogP contribution in [0.2, 0.25) is 0 Å². The fraction of sp³-hybridized carbons (Fsp3) is 0.150. The Labute approximate surface area is 154 Å². The van der Waals surface area contributed by atoms with Crippen molar-refractivity contribution in [3.63, 3.8) is 0 Å². The van der Waals surface area contributed by atoms with Crippen molar-refractivity contribution in [2.24, 2.45) is 5.16 Å². The first kappa shape index (κ1) is 17.3. The molecular weight excluding hydrogens is 382 g/mol. The van der Waals surface area contributed by atoms with Gasteiger partial charge in [-0.15, -0.1) is 0 Å². The normalized spacial score (nSPS) is 11.1. The third kappa shape index (κ3) is 3.94. The zero-order valence-electron chi connectivity index (χ0n) is 13.8. The summed E-state index contributed by atoms with van der Waals surface area (Å²) in [6.45, 7) is 2.85. The van der Waals surface area contributed by atoms with Crippen LogP contribution in [0.25, 0.3) is 10.8 Å². The molecule has 0 unspecified atom stereocenters. The smallest absolute Gasteiger partial charge is 0.175 e. The molecule has 3 aromatic carbocycles. The first-order valence-corrected chi connectivity index (χ1v) is 8.75. The fourth-order valence-corrected chi connectivity index (χ4v) is 3.27. The lowest BCUT2D eigenvalue weighted by Crippen LogP contribution is -2.02. The molecule has 3 rings (SSSR count). The number of ether oxygens (including phenoxy) is 2. The molecule has 4 nitrogen and oxygen atoms in total. The first-order valence-electron chi connectivity index (χ1n) is 7.96. The summed E-state index contributed by atoms with van der Waals surface area (Å²) in [7, 11) is 0. The number of benzene rings is 3. The SMILES string of the molecule is CCOc1cc(/C=N/O)cc(Br)c1OCc1cccc2ccccc12. The second-order valence-electron chi connectivity index (χ2n) is 5.43. The predicted octanol–water partition coefficient (Wildman–Crippen LogP) is 5.39. The lowest BCUT2D eigenvalue weighted by molar-refractivity contribution is 0.268. The van der Waals surface area contributed by atoms with Gasteiger partial charge in [0.05, 0.1) is 17.3 Å². The van der Waals surface area contributed by atoms with Gasteiger partial charge in [-0.1, -0.05) is 47.6 Å². The maximum atomic E-state index is 8.74. The number of nitrogens with zero attached hydrogens (tertiary/aromatic N) is 1. The fourth-order valence-electron chi connectivity index (χ4n) is 2.70. The van der Waals surface area contributed by atoms with Crippen molar-refractivity contribution in [2.75, 3.05) is 6.61 Å². The molecule has 0 aliphatic heterocycles. The van der Waals surface area contributed by atoms with E-state index in [9.17, 15) is 0 Å². The molecule has 0 amide bonds. The predicted molar refractivity (Wildman–Crippen MR) is 103 cm³/mol. The summed E-state index contributed by atoms with van der Waals surface area (Å²) in [6, 6.07) is 18.0. The Morgan fingerprint density at radius 1 is 1.08 bits per heavy atom. The van der Waals surface area contributed by atoms with Crippen molar-refractivity contribution in [3.8, 4) is 11.5 Å². The van der Waals surface area contributed by atoms with Gasteiger partial charge in [-0.25, -0.2) is 0 Å². The number of fused-ring (bicyclic) bond motifs is 1. The largest absolute Gasteiger partial charge is 0.490 e. The van der Waals surface area contributed by atoms with Crippen LogP contribution in [-0.4, -0.2) is 18.0 Å². The summed E-state index contributed by atoms with van der Waals surface area (Å²) in [4.78, 5) is 0. The van der Waals surface area contributed by atoms with Gasteiger partial charge < -0.3 is 14.7 Å². The Bertz CT molecular complexity index is 903. The van der Waals surface area contributed by atoms with E-state index in [2.05, 4.69) is 45.4 Å². The van der Waals surface area contributed by atoms with Crippen LogP contribution in [0.1, 0.15) is 18.1 Å². The molecule has 0 aromatic heterocycles. The molecule has 0 heterocycles. The van der Waals surface area contributed by atoms with Gasteiger partial charge >= 0.3 is 0 Å². The van der Waals surface area contributed by atoms with Crippen LogP contribution >= 0.6 is 15.9 Å². The van der Waals surface area contributed by atoms with Gasteiger partial charge in [-0.05, 0) is 51.3 Å². The number of oxime groups is 1. The Balaban J connectivity index is 1.91. The molecule has 25 heavy (non-hydrogen) atoms. The molecule has 128 valence electrons. The van der Waals surface area contributed by atoms with Gasteiger partial charge in [0.1, 0.15) is 6.61 Å². The standard InChI is InChI=1S/C20H18BrNO3/c1-2-24-19-11-14(12-22-23)10-18(21)20(19)25-13-16-8-5-7-15-6-3-4-9-17(15)16/h3-12,23H,2,13H2,1H3/b22-12+. The average Bonchev–Trinajstić information content (AvgIpc) is 2.61.